The molecule has 0 aliphatic carbocycles. The van der Waals surface area contributed by atoms with E-state index in [9.17, 15) is 4.79 Å². The first-order valence-corrected chi connectivity index (χ1v) is 7.26. The Balaban J connectivity index is 1.63. The van der Waals surface area contributed by atoms with E-state index >= 15 is 0 Å². The number of hydrogen-bond donors (Lipinski definition) is 2. The third-order valence-electron chi connectivity index (χ3n) is 3.73. The smallest absolute Gasteiger partial charge is 0.220 e. The van der Waals surface area contributed by atoms with Gasteiger partial charge in [0, 0.05) is 18.9 Å². The molecule has 1 unspecified atom stereocenters. The predicted octanol–water partition coefficient (Wildman–Crippen LogP) is 2.11. The molecular weight excluding hydrogens is 240 g/mol. The maximum Gasteiger partial charge on any atom is 0.220 e. The summed E-state index contributed by atoms with van der Waals surface area (Å²) < 4.78 is 5.28. The molecule has 0 spiro atoms. The van der Waals surface area contributed by atoms with E-state index in [1.807, 2.05) is 19.1 Å². The zero-order valence-electron chi connectivity index (χ0n) is 11.7. The van der Waals surface area contributed by atoms with Crippen molar-refractivity contribution in [3.63, 3.8) is 0 Å². The van der Waals surface area contributed by atoms with E-state index in [2.05, 4.69) is 10.6 Å². The van der Waals surface area contributed by atoms with E-state index in [4.69, 9.17) is 4.42 Å². The standard InChI is InChI=1S/C15H24N2O2/c1-12(11-14-3-2-10-19-14)17-15(18)5-4-13-6-8-16-9-7-13/h2-3,10,12-13,16H,4-9,11H2,1H3,(H,17,18). The number of amides is 1. The SMILES string of the molecule is CC(Cc1ccco1)NC(=O)CCC1CCNCC1. The van der Waals surface area contributed by atoms with E-state index in [0.29, 0.717) is 12.3 Å². The largest absolute Gasteiger partial charge is 0.469 e. The van der Waals surface area contributed by atoms with Gasteiger partial charge in [-0.1, -0.05) is 0 Å². The van der Waals surface area contributed by atoms with Crippen molar-refractivity contribution in [2.24, 2.45) is 5.92 Å². The van der Waals surface area contributed by atoms with Crippen LogP contribution in [0, 0.1) is 5.92 Å². The molecule has 1 aromatic heterocycles. The summed E-state index contributed by atoms with van der Waals surface area (Å²) in [6.45, 7) is 4.22. The topological polar surface area (TPSA) is 54.3 Å². The summed E-state index contributed by atoms with van der Waals surface area (Å²) >= 11 is 0. The molecule has 1 aromatic rings. The molecular formula is C15H24N2O2. The Kier molecular flexibility index (Phi) is 5.45. The second-order valence-electron chi connectivity index (χ2n) is 5.48. The zero-order chi connectivity index (χ0) is 13.5. The summed E-state index contributed by atoms with van der Waals surface area (Å²) in [7, 11) is 0. The average Bonchev–Trinajstić information content (AvgIpc) is 2.90. The van der Waals surface area contributed by atoms with E-state index in [0.717, 1.165) is 31.7 Å². The fourth-order valence-corrected chi connectivity index (χ4v) is 2.63. The zero-order valence-corrected chi connectivity index (χ0v) is 11.7. The molecule has 1 saturated heterocycles. The van der Waals surface area contributed by atoms with Gasteiger partial charge in [0.1, 0.15) is 5.76 Å². The van der Waals surface area contributed by atoms with Gasteiger partial charge in [-0.2, -0.15) is 0 Å². The highest BCUT2D eigenvalue weighted by molar-refractivity contribution is 5.76. The number of carbonyl (C=O) groups excluding carboxylic acids is 1. The van der Waals surface area contributed by atoms with Crippen molar-refractivity contribution in [1.82, 2.24) is 10.6 Å². The molecule has 1 fully saturated rings. The van der Waals surface area contributed by atoms with Crippen LogP contribution in [0.2, 0.25) is 0 Å². The van der Waals surface area contributed by atoms with Crippen LogP contribution < -0.4 is 10.6 Å². The summed E-state index contributed by atoms with van der Waals surface area (Å²) in [6, 6.07) is 3.95. The molecule has 0 radical (unpaired) electrons. The molecule has 0 saturated carbocycles. The van der Waals surface area contributed by atoms with Gasteiger partial charge in [0.25, 0.3) is 0 Å². The number of piperidine rings is 1. The van der Waals surface area contributed by atoms with Crippen LogP contribution >= 0.6 is 0 Å². The Hall–Kier alpha value is -1.29. The highest BCUT2D eigenvalue weighted by atomic mass is 16.3. The van der Waals surface area contributed by atoms with E-state index in [1.165, 1.54) is 12.8 Å². The molecule has 0 bridgehead atoms. The van der Waals surface area contributed by atoms with Crippen LogP contribution in [0.4, 0.5) is 0 Å². The Labute approximate surface area is 114 Å². The summed E-state index contributed by atoms with van der Waals surface area (Å²) in [6.07, 6.45) is 6.49. The van der Waals surface area contributed by atoms with Gasteiger partial charge in [-0.3, -0.25) is 4.79 Å². The van der Waals surface area contributed by atoms with Crippen LogP contribution in [0.25, 0.3) is 0 Å². The lowest BCUT2D eigenvalue weighted by molar-refractivity contribution is -0.122. The minimum absolute atomic E-state index is 0.131. The minimum atomic E-state index is 0.131. The molecule has 1 atom stereocenters. The molecule has 0 aromatic carbocycles. The summed E-state index contributed by atoms with van der Waals surface area (Å²) in [4.78, 5) is 11.9. The van der Waals surface area contributed by atoms with Crippen molar-refractivity contribution in [1.29, 1.82) is 0 Å². The van der Waals surface area contributed by atoms with Crippen LogP contribution in [0.15, 0.2) is 22.8 Å². The molecule has 2 N–H and O–H groups in total. The van der Waals surface area contributed by atoms with Gasteiger partial charge >= 0.3 is 0 Å². The Bertz CT molecular complexity index is 370. The van der Waals surface area contributed by atoms with Crippen molar-refractivity contribution in [2.45, 2.75) is 45.1 Å². The third kappa shape index (κ3) is 5.07. The first-order valence-electron chi connectivity index (χ1n) is 7.26. The van der Waals surface area contributed by atoms with Crippen LogP contribution in [0.3, 0.4) is 0 Å². The first-order chi connectivity index (χ1) is 9.24. The van der Waals surface area contributed by atoms with Gasteiger partial charge in [0.2, 0.25) is 5.91 Å². The van der Waals surface area contributed by atoms with Gasteiger partial charge in [0.05, 0.1) is 6.26 Å². The van der Waals surface area contributed by atoms with Crippen LogP contribution in [-0.2, 0) is 11.2 Å². The molecule has 4 heteroatoms. The van der Waals surface area contributed by atoms with E-state index in [-0.39, 0.29) is 11.9 Å². The van der Waals surface area contributed by atoms with Crippen molar-refractivity contribution in [3.8, 4) is 0 Å². The number of carbonyl (C=O) groups is 1. The average molecular weight is 264 g/mol. The maximum absolute atomic E-state index is 11.9. The lowest BCUT2D eigenvalue weighted by atomic mass is 9.93. The highest BCUT2D eigenvalue weighted by Crippen LogP contribution is 2.17. The Morgan fingerprint density at radius 2 is 2.32 bits per heavy atom. The number of nitrogens with one attached hydrogen (secondary N) is 2. The van der Waals surface area contributed by atoms with E-state index in [1.54, 1.807) is 6.26 Å². The number of furan rings is 1. The second kappa shape index (κ2) is 7.34. The van der Waals surface area contributed by atoms with Gasteiger partial charge in [-0.15, -0.1) is 0 Å². The van der Waals surface area contributed by atoms with Crippen LogP contribution in [0.5, 0.6) is 0 Å². The first kappa shape index (κ1) is 14.1. The quantitative estimate of drug-likeness (QED) is 0.827. The Morgan fingerprint density at radius 1 is 1.53 bits per heavy atom. The number of rotatable bonds is 6. The number of hydrogen-bond acceptors (Lipinski definition) is 3. The maximum atomic E-state index is 11.9. The molecule has 1 aliphatic rings. The summed E-state index contributed by atoms with van der Waals surface area (Å²) in [5.41, 5.74) is 0. The van der Waals surface area contributed by atoms with Crippen molar-refractivity contribution in [3.05, 3.63) is 24.2 Å². The fraction of sp³-hybridized carbons (Fsp3) is 0.667. The Morgan fingerprint density at radius 3 is 3.00 bits per heavy atom. The monoisotopic (exact) mass is 264 g/mol. The van der Waals surface area contributed by atoms with Crippen molar-refractivity contribution < 1.29 is 9.21 Å². The molecule has 106 valence electrons. The van der Waals surface area contributed by atoms with Crippen LogP contribution in [-0.4, -0.2) is 25.0 Å². The second-order valence-corrected chi connectivity index (χ2v) is 5.48. The molecule has 2 heterocycles. The molecule has 19 heavy (non-hydrogen) atoms. The minimum Gasteiger partial charge on any atom is -0.469 e. The normalized spacial score (nSPS) is 18.2. The van der Waals surface area contributed by atoms with Gasteiger partial charge in [-0.25, -0.2) is 0 Å². The summed E-state index contributed by atoms with van der Waals surface area (Å²) in [5.74, 6) is 1.80. The predicted molar refractivity (Wildman–Crippen MR) is 74.8 cm³/mol. The molecule has 1 aliphatic heterocycles. The van der Waals surface area contributed by atoms with Crippen LogP contribution in [0.1, 0.15) is 38.4 Å². The third-order valence-corrected chi connectivity index (χ3v) is 3.73. The van der Waals surface area contributed by atoms with E-state index < -0.39 is 0 Å². The van der Waals surface area contributed by atoms with Gasteiger partial charge in [-0.05, 0) is 57.3 Å². The molecule has 4 nitrogen and oxygen atoms in total. The van der Waals surface area contributed by atoms with Crippen molar-refractivity contribution in [2.75, 3.05) is 13.1 Å². The fourth-order valence-electron chi connectivity index (χ4n) is 2.63. The lowest BCUT2D eigenvalue weighted by Gasteiger charge is -2.22. The molecule has 1 amide bonds. The van der Waals surface area contributed by atoms with Gasteiger partial charge < -0.3 is 15.1 Å². The highest BCUT2D eigenvalue weighted by Gasteiger charge is 2.15. The lowest BCUT2D eigenvalue weighted by Crippen LogP contribution is -2.34. The molecule has 2 rings (SSSR count). The van der Waals surface area contributed by atoms with Crippen molar-refractivity contribution >= 4 is 5.91 Å². The van der Waals surface area contributed by atoms with Gasteiger partial charge in [0.15, 0.2) is 0 Å². The summed E-state index contributed by atoms with van der Waals surface area (Å²) in [5, 5.41) is 6.39.